The van der Waals surface area contributed by atoms with Gasteiger partial charge in [-0.25, -0.2) is 0 Å². The predicted octanol–water partition coefficient (Wildman–Crippen LogP) is 5.44. The highest BCUT2D eigenvalue weighted by molar-refractivity contribution is 8.26. The number of pyridine rings is 1. The topological polar surface area (TPSA) is 96.6 Å². The smallest absolute Gasteiger partial charge is 0.270 e. The second-order valence-electron chi connectivity index (χ2n) is 8.82. The summed E-state index contributed by atoms with van der Waals surface area (Å²) in [6, 6.07) is 15.0. The molecule has 0 spiro atoms. The van der Waals surface area contributed by atoms with Crippen molar-refractivity contribution in [3.05, 3.63) is 90.6 Å². The number of nitrogens with one attached hydrogen (secondary N) is 1. The van der Waals surface area contributed by atoms with Gasteiger partial charge >= 0.3 is 0 Å². The van der Waals surface area contributed by atoms with Crippen LogP contribution in [0.1, 0.15) is 34.7 Å². The van der Waals surface area contributed by atoms with E-state index in [9.17, 15) is 14.9 Å². The Morgan fingerprint density at radius 3 is 2.72 bits per heavy atom. The Labute approximate surface area is 239 Å². The lowest BCUT2D eigenvalue weighted by Crippen LogP contribution is -2.28. The monoisotopic (exact) mass is 578 g/mol. The molecule has 11 heteroatoms. The number of thiocarbonyl (C=S) groups is 1. The second kappa shape index (κ2) is 11.1. The Bertz CT molecular complexity index is 1640. The Balaban J connectivity index is 1.52. The number of hydrogen-bond acceptors (Lipinski definition) is 8. The molecule has 2 aliphatic heterocycles. The standard InChI is InChI=1S/C28H23ClN4O4S2/c1-3-32-25(31-13-17-8-9-22-23(10-17)37-15-36-22)19(16(2)20(12-30)26(32)34)11-24-27(35)33(28(38)39-24)14-18-6-4-5-7-21(18)29/h4-11,31H,3,13-15H2,1-2H3/b24-11+. The third-order valence-electron chi connectivity index (χ3n) is 6.52. The van der Waals surface area contributed by atoms with E-state index in [2.05, 4.69) is 5.32 Å². The Hall–Kier alpha value is -3.78. The summed E-state index contributed by atoms with van der Waals surface area (Å²) in [6.07, 6.45) is 1.70. The molecule has 2 aromatic carbocycles. The number of amides is 1. The second-order valence-corrected chi connectivity index (χ2v) is 10.9. The van der Waals surface area contributed by atoms with E-state index in [4.69, 9.17) is 33.3 Å². The van der Waals surface area contributed by atoms with Crippen LogP contribution in [0.25, 0.3) is 6.08 Å². The number of thioether (sulfide) groups is 1. The molecule has 0 radical (unpaired) electrons. The lowest BCUT2D eigenvalue weighted by Gasteiger charge is -2.19. The quantitative estimate of drug-likeness (QED) is 0.292. The fourth-order valence-electron chi connectivity index (χ4n) is 4.46. The van der Waals surface area contributed by atoms with Crippen LogP contribution in [0.5, 0.6) is 11.5 Å². The molecule has 3 aromatic rings. The number of carbonyl (C=O) groups is 1. The van der Waals surface area contributed by atoms with Gasteiger partial charge in [-0.1, -0.05) is 59.8 Å². The molecular weight excluding hydrogens is 556 g/mol. The van der Waals surface area contributed by atoms with Gasteiger partial charge in [0.15, 0.2) is 11.5 Å². The molecule has 1 N–H and O–H groups in total. The molecule has 2 aliphatic rings. The van der Waals surface area contributed by atoms with Crippen LogP contribution < -0.4 is 20.3 Å². The predicted molar refractivity (Wildman–Crippen MR) is 156 cm³/mol. The maximum Gasteiger partial charge on any atom is 0.270 e. The summed E-state index contributed by atoms with van der Waals surface area (Å²) in [4.78, 5) is 28.5. The Kier molecular flexibility index (Phi) is 7.66. The summed E-state index contributed by atoms with van der Waals surface area (Å²) >= 11 is 13.0. The molecule has 39 heavy (non-hydrogen) atoms. The zero-order chi connectivity index (χ0) is 27.7. The first-order chi connectivity index (χ1) is 18.8. The van der Waals surface area contributed by atoms with Crippen LogP contribution in [0, 0.1) is 18.3 Å². The van der Waals surface area contributed by atoms with Gasteiger partial charge in [-0.2, -0.15) is 5.26 Å². The van der Waals surface area contributed by atoms with Crippen molar-refractivity contribution in [3.8, 4) is 17.6 Å². The molecule has 0 saturated carbocycles. The molecule has 1 fully saturated rings. The number of aromatic nitrogens is 1. The highest BCUT2D eigenvalue weighted by Gasteiger charge is 2.33. The average molecular weight is 579 g/mol. The maximum absolute atomic E-state index is 13.4. The van der Waals surface area contributed by atoms with Gasteiger partial charge in [0.2, 0.25) is 6.79 Å². The molecule has 0 atom stereocenters. The van der Waals surface area contributed by atoms with Gasteiger partial charge in [0, 0.05) is 23.7 Å². The zero-order valence-electron chi connectivity index (χ0n) is 21.1. The molecule has 8 nitrogen and oxygen atoms in total. The number of fused-ring (bicyclic) bond motifs is 1. The van der Waals surface area contributed by atoms with Crippen molar-refractivity contribution in [2.45, 2.75) is 33.5 Å². The fraction of sp³-hybridized carbons (Fsp3) is 0.214. The Morgan fingerprint density at radius 1 is 1.21 bits per heavy atom. The summed E-state index contributed by atoms with van der Waals surface area (Å²) < 4.78 is 12.8. The summed E-state index contributed by atoms with van der Waals surface area (Å²) in [5, 5.41) is 13.7. The van der Waals surface area contributed by atoms with Crippen LogP contribution in [0.15, 0.2) is 52.2 Å². The van der Waals surface area contributed by atoms with Gasteiger partial charge < -0.3 is 14.8 Å². The van der Waals surface area contributed by atoms with Gasteiger partial charge in [0.05, 0.1) is 11.4 Å². The third kappa shape index (κ3) is 5.13. The van der Waals surface area contributed by atoms with Gasteiger partial charge in [0.1, 0.15) is 21.8 Å². The summed E-state index contributed by atoms with van der Waals surface area (Å²) in [5.74, 6) is 1.57. The lowest BCUT2D eigenvalue weighted by atomic mass is 10.0. The SMILES string of the molecule is CCn1c(NCc2ccc3c(c2)OCO3)c(/C=C2/SC(=S)N(Cc3ccccc3Cl)C2=O)c(C)c(C#N)c1=O. The van der Waals surface area contributed by atoms with E-state index < -0.39 is 5.56 Å². The number of anilines is 1. The minimum absolute atomic E-state index is 0.0308. The van der Waals surface area contributed by atoms with Crippen molar-refractivity contribution in [1.29, 1.82) is 5.26 Å². The maximum atomic E-state index is 13.4. The third-order valence-corrected chi connectivity index (χ3v) is 8.27. The number of carbonyl (C=O) groups excluding carboxylic acids is 1. The molecule has 1 aromatic heterocycles. The first-order valence-corrected chi connectivity index (χ1v) is 13.7. The van der Waals surface area contributed by atoms with Crippen LogP contribution in [-0.4, -0.2) is 26.5 Å². The van der Waals surface area contributed by atoms with E-state index in [0.717, 1.165) is 11.1 Å². The van der Waals surface area contributed by atoms with E-state index in [1.165, 1.54) is 21.2 Å². The number of nitrogens with zero attached hydrogens (tertiary/aromatic N) is 3. The van der Waals surface area contributed by atoms with Crippen LogP contribution in [0.3, 0.4) is 0 Å². The molecule has 3 heterocycles. The highest BCUT2D eigenvalue weighted by atomic mass is 35.5. The number of rotatable bonds is 7. The van der Waals surface area contributed by atoms with E-state index in [0.29, 0.717) is 55.8 Å². The van der Waals surface area contributed by atoms with E-state index in [-0.39, 0.29) is 24.8 Å². The van der Waals surface area contributed by atoms with E-state index >= 15 is 0 Å². The largest absolute Gasteiger partial charge is 0.454 e. The molecule has 0 aliphatic carbocycles. The van der Waals surface area contributed by atoms with Crippen molar-refractivity contribution in [1.82, 2.24) is 9.47 Å². The van der Waals surface area contributed by atoms with Crippen molar-refractivity contribution < 1.29 is 14.3 Å². The highest BCUT2D eigenvalue weighted by Crippen LogP contribution is 2.37. The average Bonchev–Trinajstić information content (AvgIpc) is 3.50. The lowest BCUT2D eigenvalue weighted by molar-refractivity contribution is -0.122. The van der Waals surface area contributed by atoms with E-state index in [1.807, 2.05) is 49.4 Å². The number of hydrogen-bond donors (Lipinski definition) is 1. The van der Waals surface area contributed by atoms with Crippen LogP contribution in [0.2, 0.25) is 5.02 Å². The minimum Gasteiger partial charge on any atom is -0.454 e. The van der Waals surface area contributed by atoms with Crippen LogP contribution in [0.4, 0.5) is 5.82 Å². The molecular formula is C28H23ClN4O4S2. The van der Waals surface area contributed by atoms with Crippen molar-refractivity contribution in [2.75, 3.05) is 12.1 Å². The molecule has 198 valence electrons. The van der Waals surface area contributed by atoms with Crippen molar-refractivity contribution >= 4 is 57.7 Å². The number of nitriles is 1. The van der Waals surface area contributed by atoms with Crippen molar-refractivity contribution in [3.63, 3.8) is 0 Å². The first-order valence-electron chi connectivity index (χ1n) is 12.1. The molecule has 0 unspecified atom stereocenters. The summed E-state index contributed by atoms with van der Waals surface area (Å²) in [6.45, 7) is 4.66. The van der Waals surface area contributed by atoms with Crippen molar-refractivity contribution in [2.24, 2.45) is 0 Å². The Morgan fingerprint density at radius 2 is 1.97 bits per heavy atom. The van der Waals surface area contributed by atoms with Crippen LogP contribution >= 0.6 is 35.6 Å². The van der Waals surface area contributed by atoms with Crippen LogP contribution in [-0.2, 0) is 24.4 Å². The molecule has 5 rings (SSSR count). The van der Waals surface area contributed by atoms with Gasteiger partial charge in [0.25, 0.3) is 11.5 Å². The fourth-order valence-corrected chi connectivity index (χ4v) is 5.89. The number of benzene rings is 2. The molecule has 0 bridgehead atoms. The van der Waals surface area contributed by atoms with Gasteiger partial charge in [-0.15, -0.1) is 0 Å². The van der Waals surface area contributed by atoms with E-state index in [1.54, 1.807) is 19.1 Å². The minimum atomic E-state index is -0.394. The van der Waals surface area contributed by atoms with Gasteiger partial charge in [-0.3, -0.25) is 19.1 Å². The molecule has 1 amide bonds. The first kappa shape index (κ1) is 26.8. The number of halogens is 1. The van der Waals surface area contributed by atoms with Gasteiger partial charge in [-0.05, 0) is 54.8 Å². The summed E-state index contributed by atoms with van der Waals surface area (Å²) in [7, 11) is 0. The molecule has 1 saturated heterocycles. The zero-order valence-corrected chi connectivity index (χ0v) is 23.5. The number of ether oxygens (including phenoxy) is 2. The summed E-state index contributed by atoms with van der Waals surface area (Å²) in [5.41, 5.74) is 2.39. The normalized spacial score (nSPS) is 15.2.